The summed E-state index contributed by atoms with van der Waals surface area (Å²) >= 11 is 0. The van der Waals surface area contributed by atoms with Crippen LogP contribution in [0.2, 0.25) is 0 Å². The first kappa shape index (κ1) is 13.1. The monoisotopic (exact) mass is 240 g/mol. The molecule has 0 aromatic carbocycles. The molecule has 0 bridgehead atoms. The molecule has 0 aliphatic carbocycles. The van der Waals surface area contributed by atoms with Crippen molar-refractivity contribution in [2.75, 3.05) is 13.6 Å². The Hall–Kier alpha value is -1.96. The minimum absolute atomic E-state index is 0.0508. The second-order valence-corrected chi connectivity index (χ2v) is 3.38. The van der Waals surface area contributed by atoms with Gasteiger partial charge in [0.2, 0.25) is 11.8 Å². The number of carbonyl (C=O) groups is 2. The van der Waals surface area contributed by atoms with Crippen LogP contribution in [-0.4, -0.2) is 40.4 Å². The molecular formula is C9H16N6O2. The highest BCUT2D eigenvalue weighted by molar-refractivity contribution is 5.77. The van der Waals surface area contributed by atoms with E-state index in [0.717, 1.165) is 0 Å². The zero-order chi connectivity index (χ0) is 12.7. The molecule has 0 saturated carbocycles. The Morgan fingerprint density at radius 2 is 2.24 bits per heavy atom. The lowest BCUT2D eigenvalue weighted by Gasteiger charge is -1.99. The molecule has 0 radical (unpaired) electrons. The van der Waals surface area contributed by atoms with Crippen LogP contribution in [0.1, 0.15) is 12.1 Å². The van der Waals surface area contributed by atoms with E-state index in [-0.39, 0.29) is 24.9 Å². The van der Waals surface area contributed by atoms with Crippen LogP contribution in [0.5, 0.6) is 0 Å². The number of nitrogens with one attached hydrogen (secondary N) is 2. The minimum atomic E-state index is -0.245. The Kier molecular flexibility index (Phi) is 5.08. The van der Waals surface area contributed by atoms with Crippen LogP contribution in [0, 0.1) is 0 Å². The number of nitrogens with two attached hydrogens (primary N) is 1. The highest BCUT2D eigenvalue weighted by atomic mass is 16.2. The lowest BCUT2D eigenvalue weighted by Crippen LogP contribution is -2.29. The van der Waals surface area contributed by atoms with Gasteiger partial charge in [0.05, 0.1) is 25.8 Å². The lowest BCUT2D eigenvalue weighted by molar-refractivity contribution is -0.121. The summed E-state index contributed by atoms with van der Waals surface area (Å²) < 4.78 is 1.55. The molecule has 1 aromatic heterocycles. The van der Waals surface area contributed by atoms with Gasteiger partial charge in [0.25, 0.3) is 0 Å². The van der Waals surface area contributed by atoms with Gasteiger partial charge in [-0.2, -0.15) is 0 Å². The standard InChI is InChI=1S/C9H16N6O2/c1-11-8(16)2-3-15-6-7(13-14-15)5-12-9(17)4-10/h6H,2-5,10H2,1H3,(H,11,16)(H,12,17). The van der Waals surface area contributed by atoms with Crippen LogP contribution in [0.3, 0.4) is 0 Å². The van der Waals surface area contributed by atoms with Gasteiger partial charge < -0.3 is 16.4 Å². The first-order chi connectivity index (χ1) is 8.15. The maximum atomic E-state index is 11.0. The highest BCUT2D eigenvalue weighted by Gasteiger charge is 2.04. The van der Waals surface area contributed by atoms with Gasteiger partial charge in [-0.1, -0.05) is 5.21 Å². The molecule has 1 aromatic rings. The van der Waals surface area contributed by atoms with Crippen molar-refractivity contribution in [2.24, 2.45) is 5.73 Å². The summed E-state index contributed by atoms with van der Waals surface area (Å²) in [6.45, 7) is 0.693. The maximum Gasteiger partial charge on any atom is 0.234 e. The van der Waals surface area contributed by atoms with E-state index in [1.165, 1.54) is 0 Å². The molecule has 1 rings (SSSR count). The molecular weight excluding hydrogens is 224 g/mol. The number of nitrogens with zero attached hydrogens (tertiary/aromatic N) is 3. The van der Waals surface area contributed by atoms with Crippen molar-refractivity contribution < 1.29 is 9.59 Å². The molecule has 0 atom stereocenters. The predicted octanol–water partition coefficient (Wildman–Crippen LogP) is -2.01. The van der Waals surface area contributed by atoms with Crippen molar-refractivity contribution in [1.82, 2.24) is 25.6 Å². The molecule has 0 aliphatic heterocycles. The predicted molar refractivity (Wildman–Crippen MR) is 59.6 cm³/mol. The molecule has 0 spiro atoms. The van der Waals surface area contributed by atoms with E-state index < -0.39 is 0 Å². The van der Waals surface area contributed by atoms with E-state index in [9.17, 15) is 9.59 Å². The summed E-state index contributed by atoms with van der Waals surface area (Å²) in [5.41, 5.74) is 5.77. The lowest BCUT2D eigenvalue weighted by atomic mass is 10.4. The minimum Gasteiger partial charge on any atom is -0.359 e. The molecule has 4 N–H and O–H groups in total. The molecule has 94 valence electrons. The van der Waals surface area contributed by atoms with Crippen molar-refractivity contribution in [3.05, 3.63) is 11.9 Å². The summed E-state index contributed by atoms with van der Waals surface area (Å²) in [7, 11) is 1.58. The maximum absolute atomic E-state index is 11.0. The SMILES string of the molecule is CNC(=O)CCn1cc(CNC(=O)CN)nn1. The zero-order valence-electron chi connectivity index (χ0n) is 9.64. The van der Waals surface area contributed by atoms with Crippen LogP contribution >= 0.6 is 0 Å². The summed E-state index contributed by atoms with van der Waals surface area (Å²) in [5.74, 6) is -0.302. The Bertz CT molecular complexity index is 354. The molecule has 1 heterocycles. The van der Waals surface area contributed by atoms with E-state index in [4.69, 9.17) is 5.73 Å². The van der Waals surface area contributed by atoms with Gasteiger partial charge in [-0.05, 0) is 0 Å². The van der Waals surface area contributed by atoms with Gasteiger partial charge in [-0.15, -0.1) is 5.10 Å². The van der Waals surface area contributed by atoms with E-state index >= 15 is 0 Å². The summed E-state index contributed by atoms with van der Waals surface area (Å²) in [4.78, 5) is 21.9. The van der Waals surface area contributed by atoms with Crippen molar-refractivity contribution in [2.45, 2.75) is 19.5 Å². The van der Waals surface area contributed by atoms with Gasteiger partial charge in [0.1, 0.15) is 5.69 Å². The van der Waals surface area contributed by atoms with Crippen LogP contribution in [0.4, 0.5) is 0 Å². The molecule has 8 nitrogen and oxygen atoms in total. The van der Waals surface area contributed by atoms with Crippen molar-refractivity contribution in [3.8, 4) is 0 Å². The van der Waals surface area contributed by atoms with Crippen LogP contribution in [-0.2, 0) is 22.7 Å². The number of hydrogen-bond donors (Lipinski definition) is 3. The van der Waals surface area contributed by atoms with Crippen molar-refractivity contribution in [3.63, 3.8) is 0 Å². The fourth-order valence-corrected chi connectivity index (χ4v) is 1.13. The molecule has 2 amide bonds. The molecule has 0 saturated heterocycles. The van der Waals surface area contributed by atoms with Crippen LogP contribution in [0.25, 0.3) is 0 Å². The van der Waals surface area contributed by atoms with Crippen molar-refractivity contribution >= 4 is 11.8 Å². The van der Waals surface area contributed by atoms with E-state index in [1.807, 2.05) is 0 Å². The Balaban J connectivity index is 2.37. The molecule has 17 heavy (non-hydrogen) atoms. The third-order valence-corrected chi connectivity index (χ3v) is 2.08. The third kappa shape index (κ3) is 4.60. The fourth-order valence-electron chi connectivity index (χ4n) is 1.13. The fraction of sp³-hybridized carbons (Fsp3) is 0.556. The van der Waals surface area contributed by atoms with Crippen LogP contribution < -0.4 is 16.4 Å². The van der Waals surface area contributed by atoms with E-state index in [1.54, 1.807) is 17.9 Å². The smallest absolute Gasteiger partial charge is 0.234 e. The normalized spacial score (nSPS) is 10.0. The first-order valence-electron chi connectivity index (χ1n) is 5.22. The number of rotatable bonds is 6. The Labute approximate surface area is 98.5 Å². The van der Waals surface area contributed by atoms with Crippen LogP contribution in [0.15, 0.2) is 6.20 Å². The Morgan fingerprint density at radius 3 is 2.88 bits per heavy atom. The largest absolute Gasteiger partial charge is 0.359 e. The van der Waals surface area contributed by atoms with Gasteiger partial charge >= 0.3 is 0 Å². The van der Waals surface area contributed by atoms with Gasteiger partial charge in [0.15, 0.2) is 0 Å². The summed E-state index contributed by atoms with van der Waals surface area (Å²) in [6.07, 6.45) is 2.02. The number of aryl methyl sites for hydroxylation is 1. The second kappa shape index (κ2) is 6.59. The molecule has 8 heteroatoms. The number of amides is 2. The summed E-state index contributed by atoms with van der Waals surface area (Å²) in [6, 6.07) is 0. The average molecular weight is 240 g/mol. The third-order valence-electron chi connectivity index (χ3n) is 2.08. The van der Waals surface area contributed by atoms with Gasteiger partial charge in [-0.3, -0.25) is 14.3 Å². The average Bonchev–Trinajstić information content (AvgIpc) is 2.80. The second-order valence-electron chi connectivity index (χ2n) is 3.38. The molecule has 0 aliphatic rings. The number of aromatic nitrogens is 3. The van der Waals surface area contributed by atoms with E-state index in [0.29, 0.717) is 18.7 Å². The summed E-state index contributed by atoms with van der Waals surface area (Å²) in [5, 5.41) is 12.8. The quantitative estimate of drug-likeness (QED) is 0.531. The topological polar surface area (TPSA) is 115 Å². The number of hydrogen-bond acceptors (Lipinski definition) is 5. The highest BCUT2D eigenvalue weighted by Crippen LogP contribution is 1.94. The van der Waals surface area contributed by atoms with Gasteiger partial charge in [0, 0.05) is 13.5 Å². The Morgan fingerprint density at radius 1 is 1.47 bits per heavy atom. The molecule has 0 fully saturated rings. The molecule has 0 unspecified atom stereocenters. The zero-order valence-corrected chi connectivity index (χ0v) is 9.64. The number of carbonyl (C=O) groups excluding carboxylic acids is 2. The van der Waals surface area contributed by atoms with E-state index in [2.05, 4.69) is 20.9 Å². The van der Waals surface area contributed by atoms with Gasteiger partial charge in [-0.25, -0.2) is 0 Å². The first-order valence-corrected chi connectivity index (χ1v) is 5.22. The van der Waals surface area contributed by atoms with Crippen molar-refractivity contribution in [1.29, 1.82) is 0 Å².